The SMILES string of the molecule is O=C(NCc1cc(F)cc2c1OCOC2)c1ccc(N2CCOCC2)nc1. The number of morpholine rings is 1. The van der Waals surface area contributed by atoms with Crippen molar-refractivity contribution in [3.63, 3.8) is 0 Å². The number of amides is 1. The Morgan fingerprint density at radius 1 is 1.22 bits per heavy atom. The minimum Gasteiger partial charge on any atom is -0.467 e. The first-order valence-corrected chi connectivity index (χ1v) is 8.79. The van der Waals surface area contributed by atoms with Crippen LogP contribution >= 0.6 is 0 Å². The maximum atomic E-state index is 13.8. The fourth-order valence-corrected chi connectivity index (χ4v) is 3.17. The summed E-state index contributed by atoms with van der Waals surface area (Å²) in [7, 11) is 0. The van der Waals surface area contributed by atoms with Crippen molar-refractivity contribution in [2.45, 2.75) is 13.2 Å². The number of nitrogens with zero attached hydrogens (tertiary/aromatic N) is 2. The van der Waals surface area contributed by atoms with Gasteiger partial charge in [0.2, 0.25) is 0 Å². The van der Waals surface area contributed by atoms with E-state index < -0.39 is 0 Å². The third-order valence-electron chi connectivity index (χ3n) is 4.54. The Labute approximate surface area is 156 Å². The highest BCUT2D eigenvalue weighted by Gasteiger charge is 2.18. The summed E-state index contributed by atoms with van der Waals surface area (Å²) in [5.74, 6) is 0.732. The predicted molar refractivity (Wildman–Crippen MR) is 95.1 cm³/mol. The fourth-order valence-electron chi connectivity index (χ4n) is 3.17. The van der Waals surface area contributed by atoms with Gasteiger partial charge >= 0.3 is 0 Å². The van der Waals surface area contributed by atoms with Crippen molar-refractivity contribution in [2.75, 3.05) is 38.0 Å². The summed E-state index contributed by atoms with van der Waals surface area (Å²) in [4.78, 5) is 18.9. The molecule has 1 aromatic heterocycles. The van der Waals surface area contributed by atoms with Crippen molar-refractivity contribution >= 4 is 11.7 Å². The summed E-state index contributed by atoms with van der Waals surface area (Å²) in [6.45, 7) is 3.49. The van der Waals surface area contributed by atoms with Gasteiger partial charge in [0.1, 0.15) is 17.4 Å². The van der Waals surface area contributed by atoms with E-state index in [1.165, 1.54) is 12.1 Å². The Morgan fingerprint density at radius 2 is 2.07 bits per heavy atom. The van der Waals surface area contributed by atoms with Gasteiger partial charge in [-0.1, -0.05) is 0 Å². The van der Waals surface area contributed by atoms with Gasteiger partial charge in [-0.2, -0.15) is 0 Å². The van der Waals surface area contributed by atoms with Gasteiger partial charge in [-0.25, -0.2) is 9.37 Å². The van der Waals surface area contributed by atoms with Crippen LogP contribution in [-0.4, -0.2) is 44.0 Å². The van der Waals surface area contributed by atoms with E-state index in [2.05, 4.69) is 15.2 Å². The topological polar surface area (TPSA) is 72.9 Å². The molecule has 2 aromatic rings. The van der Waals surface area contributed by atoms with Crippen molar-refractivity contribution in [1.29, 1.82) is 0 Å². The van der Waals surface area contributed by atoms with Gasteiger partial charge in [0, 0.05) is 37.0 Å². The zero-order valence-corrected chi connectivity index (χ0v) is 14.7. The van der Waals surface area contributed by atoms with Crippen molar-refractivity contribution in [2.24, 2.45) is 0 Å². The van der Waals surface area contributed by atoms with Gasteiger partial charge in [-0.05, 0) is 24.3 Å². The predicted octanol–water partition coefficient (Wildman–Crippen LogP) is 1.85. The number of nitrogens with one attached hydrogen (secondary N) is 1. The smallest absolute Gasteiger partial charge is 0.253 e. The summed E-state index contributed by atoms with van der Waals surface area (Å²) in [5, 5.41) is 2.79. The molecule has 0 spiro atoms. The molecule has 3 heterocycles. The normalized spacial score (nSPS) is 16.4. The first-order chi connectivity index (χ1) is 13.2. The number of hydrogen-bond donors (Lipinski definition) is 1. The van der Waals surface area contributed by atoms with E-state index in [-0.39, 0.29) is 25.1 Å². The molecule has 7 nitrogen and oxygen atoms in total. The molecule has 1 N–H and O–H groups in total. The van der Waals surface area contributed by atoms with Crippen LogP contribution in [0, 0.1) is 5.82 Å². The van der Waals surface area contributed by atoms with Crippen LogP contribution in [0.5, 0.6) is 5.75 Å². The Kier molecular flexibility index (Phi) is 5.17. The van der Waals surface area contributed by atoms with E-state index in [4.69, 9.17) is 14.2 Å². The zero-order valence-electron chi connectivity index (χ0n) is 14.7. The molecule has 142 valence electrons. The molecule has 0 unspecified atom stereocenters. The number of anilines is 1. The summed E-state index contributed by atoms with van der Waals surface area (Å²) < 4.78 is 29.7. The highest BCUT2D eigenvalue weighted by molar-refractivity contribution is 5.94. The van der Waals surface area contributed by atoms with Gasteiger partial charge in [0.15, 0.2) is 6.79 Å². The third kappa shape index (κ3) is 4.01. The lowest BCUT2D eigenvalue weighted by Gasteiger charge is -2.27. The minimum absolute atomic E-state index is 0.118. The number of ether oxygens (including phenoxy) is 3. The highest BCUT2D eigenvalue weighted by Crippen LogP contribution is 2.29. The third-order valence-corrected chi connectivity index (χ3v) is 4.54. The molecule has 2 aliphatic heterocycles. The van der Waals surface area contributed by atoms with E-state index in [1.54, 1.807) is 12.3 Å². The number of rotatable bonds is 4. The molecule has 1 amide bonds. The van der Waals surface area contributed by atoms with Crippen LogP contribution in [0.25, 0.3) is 0 Å². The molecule has 1 fully saturated rings. The summed E-state index contributed by atoms with van der Waals surface area (Å²) in [6.07, 6.45) is 1.55. The van der Waals surface area contributed by atoms with Crippen molar-refractivity contribution < 1.29 is 23.4 Å². The molecule has 0 radical (unpaired) electrons. The summed E-state index contributed by atoms with van der Waals surface area (Å²) in [5.41, 5.74) is 1.67. The molecule has 0 bridgehead atoms. The Morgan fingerprint density at radius 3 is 2.85 bits per heavy atom. The van der Waals surface area contributed by atoms with E-state index in [9.17, 15) is 9.18 Å². The number of hydrogen-bond acceptors (Lipinski definition) is 6. The average Bonchev–Trinajstić information content (AvgIpc) is 2.72. The second-order valence-electron chi connectivity index (χ2n) is 6.35. The number of halogens is 1. The largest absolute Gasteiger partial charge is 0.467 e. The standard InChI is InChI=1S/C19H20FN3O4/c20-16-7-14(18-15(8-16)11-26-12-27-18)10-22-19(24)13-1-2-17(21-9-13)23-3-5-25-6-4-23/h1-2,7-9H,3-6,10-12H2,(H,22,24). The van der Waals surface area contributed by atoms with Gasteiger partial charge in [0.25, 0.3) is 5.91 Å². The summed E-state index contributed by atoms with van der Waals surface area (Å²) >= 11 is 0. The van der Waals surface area contributed by atoms with Crippen molar-refractivity contribution in [3.8, 4) is 5.75 Å². The molecule has 0 saturated carbocycles. The number of aromatic nitrogens is 1. The number of carbonyl (C=O) groups excluding carboxylic acids is 1. The first kappa shape index (κ1) is 17.7. The lowest BCUT2D eigenvalue weighted by molar-refractivity contribution is -0.0173. The Balaban J connectivity index is 1.42. The van der Waals surface area contributed by atoms with Gasteiger partial charge < -0.3 is 24.4 Å². The lowest BCUT2D eigenvalue weighted by atomic mass is 10.1. The molecule has 1 aromatic carbocycles. The quantitative estimate of drug-likeness (QED) is 0.882. The van der Waals surface area contributed by atoms with E-state index >= 15 is 0 Å². The zero-order chi connectivity index (χ0) is 18.6. The number of carbonyl (C=O) groups is 1. The summed E-state index contributed by atoms with van der Waals surface area (Å²) in [6, 6.07) is 6.31. The van der Waals surface area contributed by atoms with Crippen LogP contribution in [-0.2, 0) is 22.6 Å². The van der Waals surface area contributed by atoms with Crippen molar-refractivity contribution in [3.05, 3.63) is 53.0 Å². The minimum atomic E-state index is -0.386. The van der Waals surface area contributed by atoms with E-state index in [0.29, 0.717) is 42.3 Å². The Hall–Kier alpha value is -2.71. The fraction of sp³-hybridized carbons (Fsp3) is 0.368. The number of fused-ring (bicyclic) bond motifs is 1. The molecule has 1 saturated heterocycles. The molecular formula is C19H20FN3O4. The monoisotopic (exact) mass is 373 g/mol. The van der Waals surface area contributed by atoms with Gasteiger partial charge in [-0.15, -0.1) is 0 Å². The van der Waals surface area contributed by atoms with Crippen LogP contribution in [0.2, 0.25) is 0 Å². The number of benzene rings is 1. The van der Waals surface area contributed by atoms with E-state index in [1.807, 2.05) is 6.07 Å². The molecular weight excluding hydrogens is 353 g/mol. The lowest BCUT2D eigenvalue weighted by Crippen LogP contribution is -2.36. The second-order valence-corrected chi connectivity index (χ2v) is 6.35. The average molecular weight is 373 g/mol. The van der Waals surface area contributed by atoms with E-state index in [0.717, 1.165) is 18.9 Å². The maximum absolute atomic E-state index is 13.8. The van der Waals surface area contributed by atoms with Gasteiger partial charge in [-0.3, -0.25) is 4.79 Å². The van der Waals surface area contributed by atoms with Gasteiger partial charge in [0.05, 0.1) is 25.4 Å². The van der Waals surface area contributed by atoms with Crippen LogP contribution in [0.15, 0.2) is 30.5 Å². The van der Waals surface area contributed by atoms with Crippen LogP contribution in [0.1, 0.15) is 21.5 Å². The molecule has 0 aliphatic carbocycles. The highest BCUT2D eigenvalue weighted by atomic mass is 19.1. The van der Waals surface area contributed by atoms with Crippen LogP contribution in [0.4, 0.5) is 10.2 Å². The first-order valence-electron chi connectivity index (χ1n) is 8.79. The maximum Gasteiger partial charge on any atom is 0.253 e. The second kappa shape index (κ2) is 7.89. The van der Waals surface area contributed by atoms with Crippen molar-refractivity contribution in [1.82, 2.24) is 10.3 Å². The van der Waals surface area contributed by atoms with Crippen LogP contribution < -0.4 is 15.0 Å². The van der Waals surface area contributed by atoms with Crippen LogP contribution in [0.3, 0.4) is 0 Å². The Bertz CT molecular complexity index is 822. The molecule has 27 heavy (non-hydrogen) atoms. The molecule has 4 rings (SSSR count). The molecule has 8 heteroatoms. The molecule has 2 aliphatic rings. The number of pyridine rings is 1. The molecule has 0 atom stereocenters.